The zero-order chi connectivity index (χ0) is 24.5. The molecule has 4 aromatic rings. The van der Waals surface area contributed by atoms with Crippen molar-refractivity contribution in [1.82, 2.24) is 29.0 Å². The van der Waals surface area contributed by atoms with Gasteiger partial charge in [0.05, 0.1) is 6.54 Å². The van der Waals surface area contributed by atoms with Crippen molar-refractivity contribution in [2.24, 2.45) is 0 Å². The third-order valence-electron chi connectivity index (χ3n) is 7.48. The lowest BCUT2D eigenvalue weighted by atomic mass is 10.2. The highest BCUT2D eigenvalue weighted by atomic mass is 16.1. The Morgan fingerprint density at radius 1 is 0.972 bits per heavy atom. The first-order valence-corrected chi connectivity index (χ1v) is 12.8. The lowest BCUT2D eigenvalue weighted by Gasteiger charge is -2.34. The molecule has 0 amide bonds. The minimum atomic E-state index is -0.0929. The Kier molecular flexibility index (Phi) is 6.14. The zero-order valence-electron chi connectivity index (χ0n) is 20.7. The van der Waals surface area contributed by atoms with Crippen LogP contribution in [0.5, 0.6) is 0 Å². The number of rotatable bonds is 6. The molecule has 1 aromatic carbocycles. The van der Waals surface area contributed by atoms with Gasteiger partial charge in [-0.3, -0.25) is 9.36 Å². The highest BCUT2D eigenvalue weighted by molar-refractivity contribution is 5.75. The third kappa shape index (κ3) is 4.58. The van der Waals surface area contributed by atoms with Gasteiger partial charge in [0.2, 0.25) is 5.95 Å². The molecule has 2 aliphatic rings. The van der Waals surface area contributed by atoms with Gasteiger partial charge in [-0.2, -0.15) is 4.98 Å². The van der Waals surface area contributed by atoms with Crippen molar-refractivity contribution in [2.75, 3.05) is 43.4 Å². The Balaban J connectivity index is 1.25. The highest BCUT2D eigenvalue weighted by Gasteiger charge is 2.20. The summed E-state index contributed by atoms with van der Waals surface area (Å²) in [4.78, 5) is 31.5. The first kappa shape index (κ1) is 22.7. The molecule has 3 aromatic heterocycles. The maximum Gasteiger partial charge on any atom is 0.252 e. The third-order valence-corrected chi connectivity index (χ3v) is 7.48. The standard InChI is InChI=1S/C27H32N8O/c1-32-14-16-33(17-15-32)22-9-7-21(8-10-22)30-27-29-18-20-6-11-25(36)35(26(20)31-27)19-24-28-12-13-34(24)23-4-2-3-5-23/h6-13,18,23H,2-5,14-17,19H2,1H3,(H,29,30,31). The topological polar surface area (TPSA) is 84.1 Å². The molecule has 1 N–H and O–H groups in total. The number of likely N-dealkylation sites (N-methyl/N-ethyl adjacent to an activating group) is 1. The fourth-order valence-corrected chi connectivity index (χ4v) is 5.36. The van der Waals surface area contributed by atoms with E-state index in [1.54, 1.807) is 22.9 Å². The molecule has 0 atom stereocenters. The van der Waals surface area contributed by atoms with Crippen molar-refractivity contribution in [3.63, 3.8) is 0 Å². The summed E-state index contributed by atoms with van der Waals surface area (Å²) in [7, 11) is 2.16. The normalized spacial score (nSPS) is 17.2. The van der Waals surface area contributed by atoms with Crippen molar-refractivity contribution in [2.45, 2.75) is 38.3 Å². The Bertz CT molecular complexity index is 1400. The molecule has 2 fully saturated rings. The molecular weight excluding hydrogens is 452 g/mol. The van der Waals surface area contributed by atoms with Gasteiger partial charge in [0.1, 0.15) is 11.5 Å². The van der Waals surface area contributed by atoms with E-state index in [4.69, 9.17) is 4.98 Å². The van der Waals surface area contributed by atoms with E-state index in [2.05, 4.69) is 61.0 Å². The average Bonchev–Trinajstić information content (AvgIpc) is 3.59. The van der Waals surface area contributed by atoms with Crippen LogP contribution in [-0.4, -0.2) is 62.2 Å². The monoisotopic (exact) mass is 484 g/mol. The van der Waals surface area contributed by atoms with E-state index in [1.807, 2.05) is 12.4 Å². The van der Waals surface area contributed by atoms with Crippen LogP contribution in [0, 0.1) is 0 Å². The quantitative estimate of drug-likeness (QED) is 0.447. The Morgan fingerprint density at radius 3 is 2.53 bits per heavy atom. The van der Waals surface area contributed by atoms with Gasteiger partial charge in [0.15, 0.2) is 0 Å². The fraction of sp³-hybridized carbons (Fsp3) is 0.407. The second kappa shape index (κ2) is 9.73. The van der Waals surface area contributed by atoms with Gasteiger partial charge < -0.3 is 19.7 Å². The number of aromatic nitrogens is 5. The molecule has 186 valence electrons. The van der Waals surface area contributed by atoms with Gasteiger partial charge in [-0.15, -0.1) is 0 Å². The molecule has 1 saturated carbocycles. The lowest BCUT2D eigenvalue weighted by Crippen LogP contribution is -2.44. The van der Waals surface area contributed by atoms with Crippen LogP contribution in [0.4, 0.5) is 17.3 Å². The second-order valence-corrected chi connectivity index (χ2v) is 9.88. The van der Waals surface area contributed by atoms with Crippen molar-refractivity contribution in [3.05, 3.63) is 71.2 Å². The van der Waals surface area contributed by atoms with Gasteiger partial charge in [-0.25, -0.2) is 9.97 Å². The van der Waals surface area contributed by atoms with Crippen LogP contribution in [0.15, 0.2) is 59.8 Å². The Morgan fingerprint density at radius 2 is 1.75 bits per heavy atom. The van der Waals surface area contributed by atoms with Gasteiger partial charge in [-0.05, 0) is 50.2 Å². The van der Waals surface area contributed by atoms with Crippen LogP contribution in [0.3, 0.4) is 0 Å². The summed E-state index contributed by atoms with van der Waals surface area (Å²) in [6, 6.07) is 12.2. The molecule has 0 unspecified atom stereocenters. The average molecular weight is 485 g/mol. The Labute approximate surface area is 210 Å². The first-order chi connectivity index (χ1) is 17.6. The van der Waals surface area contributed by atoms with E-state index in [0.717, 1.165) is 55.9 Å². The molecule has 9 nitrogen and oxygen atoms in total. The summed E-state index contributed by atoms with van der Waals surface area (Å²) in [6.45, 7) is 4.61. The summed E-state index contributed by atoms with van der Waals surface area (Å²) in [6.07, 6.45) is 10.5. The van der Waals surface area contributed by atoms with Crippen molar-refractivity contribution in [3.8, 4) is 0 Å². The van der Waals surface area contributed by atoms with E-state index < -0.39 is 0 Å². The number of imidazole rings is 1. The molecule has 1 aliphatic heterocycles. The summed E-state index contributed by atoms with van der Waals surface area (Å²) >= 11 is 0. The molecule has 1 aliphatic carbocycles. The fourth-order valence-electron chi connectivity index (χ4n) is 5.36. The smallest absolute Gasteiger partial charge is 0.252 e. The van der Waals surface area contributed by atoms with Gasteiger partial charge >= 0.3 is 0 Å². The number of hydrogen-bond acceptors (Lipinski definition) is 7. The van der Waals surface area contributed by atoms with Crippen LogP contribution in [0.25, 0.3) is 11.0 Å². The summed E-state index contributed by atoms with van der Waals surface area (Å²) in [5.74, 6) is 1.36. The zero-order valence-corrected chi connectivity index (χ0v) is 20.7. The first-order valence-electron chi connectivity index (χ1n) is 12.8. The van der Waals surface area contributed by atoms with Crippen LogP contribution >= 0.6 is 0 Å². The van der Waals surface area contributed by atoms with Crippen LogP contribution in [0.2, 0.25) is 0 Å². The largest absolute Gasteiger partial charge is 0.369 e. The molecule has 0 bridgehead atoms. The summed E-state index contributed by atoms with van der Waals surface area (Å²) in [5.41, 5.74) is 2.65. The molecular formula is C27H32N8O. The molecule has 0 radical (unpaired) electrons. The number of pyridine rings is 1. The number of hydrogen-bond donors (Lipinski definition) is 1. The predicted octanol–water partition coefficient (Wildman–Crippen LogP) is 3.65. The molecule has 1 saturated heterocycles. The van der Waals surface area contributed by atoms with E-state index in [1.165, 1.54) is 18.5 Å². The second-order valence-electron chi connectivity index (χ2n) is 9.88. The molecule has 36 heavy (non-hydrogen) atoms. The van der Waals surface area contributed by atoms with Crippen molar-refractivity contribution in [1.29, 1.82) is 0 Å². The van der Waals surface area contributed by atoms with Gasteiger partial charge in [0, 0.05) is 73.6 Å². The van der Waals surface area contributed by atoms with Gasteiger partial charge in [0.25, 0.3) is 5.56 Å². The van der Waals surface area contributed by atoms with E-state index in [9.17, 15) is 4.79 Å². The number of benzene rings is 1. The van der Waals surface area contributed by atoms with Gasteiger partial charge in [-0.1, -0.05) is 12.8 Å². The molecule has 9 heteroatoms. The van der Waals surface area contributed by atoms with Crippen molar-refractivity contribution >= 4 is 28.4 Å². The van der Waals surface area contributed by atoms with E-state index in [-0.39, 0.29) is 5.56 Å². The number of nitrogens with zero attached hydrogens (tertiary/aromatic N) is 7. The minimum Gasteiger partial charge on any atom is -0.369 e. The SMILES string of the molecule is CN1CCN(c2ccc(Nc3ncc4ccc(=O)n(Cc5nccn5C5CCCC5)c4n3)cc2)CC1. The highest BCUT2D eigenvalue weighted by Crippen LogP contribution is 2.30. The van der Waals surface area contributed by atoms with Crippen LogP contribution in [0.1, 0.15) is 37.5 Å². The number of fused-ring (bicyclic) bond motifs is 1. The van der Waals surface area contributed by atoms with E-state index in [0.29, 0.717) is 24.2 Å². The van der Waals surface area contributed by atoms with E-state index >= 15 is 0 Å². The van der Waals surface area contributed by atoms with Crippen LogP contribution in [-0.2, 0) is 6.54 Å². The molecule has 6 rings (SSSR count). The minimum absolute atomic E-state index is 0.0929. The molecule has 4 heterocycles. The number of nitrogens with one attached hydrogen (secondary N) is 1. The summed E-state index contributed by atoms with van der Waals surface area (Å²) in [5, 5.41) is 4.13. The predicted molar refractivity (Wildman–Crippen MR) is 142 cm³/mol. The number of piperazine rings is 1. The molecule has 0 spiro atoms. The maximum absolute atomic E-state index is 12.9. The Hall–Kier alpha value is -3.72. The lowest BCUT2D eigenvalue weighted by molar-refractivity contribution is 0.313. The summed E-state index contributed by atoms with van der Waals surface area (Å²) < 4.78 is 3.94. The van der Waals surface area contributed by atoms with Crippen molar-refractivity contribution < 1.29 is 0 Å². The number of anilines is 3. The van der Waals surface area contributed by atoms with Crippen LogP contribution < -0.4 is 15.8 Å². The maximum atomic E-state index is 12.9.